The number of hydrogen-bond acceptors (Lipinski definition) is 5. The first kappa shape index (κ1) is 13.3. The number of hydrogen-bond donors (Lipinski definition) is 2. The van der Waals surface area contributed by atoms with E-state index in [0.717, 1.165) is 8.95 Å². The van der Waals surface area contributed by atoms with Crippen molar-refractivity contribution in [3.05, 3.63) is 45.7 Å². The molecule has 3 rings (SSSR count). The molecule has 0 bridgehead atoms. The van der Waals surface area contributed by atoms with Gasteiger partial charge in [-0.25, -0.2) is 10.8 Å². The fourth-order valence-corrected chi connectivity index (χ4v) is 2.83. The number of benzene rings is 1. The Morgan fingerprint density at radius 3 is 2.90 bits per heavy atom. The zero-order chi connectivity index (χ0) is 14.1. The molecule has 3 N–H and O–H groups in total. The first-order valence-corrected chi connectivity index (χ1v) is 7.19. The maximum Gasteiger partial charge on any atom is 0.265 e. The van der Waals surface area contributed by atoms with Gasteiger partial charge < -0.3 is 10.2 Å². The average Bonchev–Trinajstić information content (AvgIpc) is 2.90. The minimum Gasteiger partial charge on any atom is -0.435 e. The number of imidazole rings is 1. The zero-order valence-electron chi connectivity index (χ0n) is 10.0. The molecular weight excluding hydrogens is 390 g/mol. The second kappa shape index (κ2) is 5.39. The molecule has 20 heavy (non-hydrogen) atoms. The van der Waals surface area contributed by atoms with E-state index in [9.17, 15) is 0 Å². The highest BCUT2D eigenvalue weighted by Crippen LogP contribution is 2.32. The van der Waals surface area contributed by atoms with Crippen LogP contribution in [-0.2, 0) is 0 Å². The predicted octanol–water partition coefficient (Wildman–Crippen LogP) is 3.33. The Bertz CT molecular complexity index is 774. The molecule has 6 nitrogen and oxygen atoms in total. The quantitative estimate of drug-likeness (QED) is 0.522. The van der Waals surface area contributed by atoms with Crippen LogP contribution in [0.15, 0.2) is 45.7 Å². The maximum atomic E-state index is 5.82. The third kappa shape index (κ3) is 2.49. The molecular formula is C12H9Br2N5O. The van der Waals surface area contributed by atoms with Crippen LogP contribution in [0.2, 0.25) is 0 Å². The number of fused-ring (bicyclic) bond motifs is 1. The molecule has 0 saturated heterocycles. The normalized spacial score (nSPS) is 10.8. The third-order valence-corrected chi connectivity index (χ3v) is 3.70. The van der Waals surface area contributed by atoms with Gasteiger partial charge in [0, 0.05) is 16.9 Å². The van der Waals surface area contributed by atoms with E-state index in [4.69, 9.17) is 10.6 Å². The molecule has 3 aromatic rings. The maximum absolute atomic E-state index is 5.82. The molecule has 0 atom stereocenters. The van der Waals surface area contributed by atoms with Crippen molar-refractivity contribution in [2.75, 3.05) is 5.43 Å². The van der Waals surface area contributed by atoms with Crippen molar-refractivity contribution in [3.8, 4) is 11.6 Å². The van der Waals surface area contributed by atoms with E-state index < -0.39 is 0 Å². The van der Waals surface area contributed by atoms with Gasteiger partial charge in [-0.3, -0.25) is 4.40 Å². The molecule has 2 heterocycles. The summed E-state index contributed by atoms with van der Waals surface area (Å²) in [4.78, 5) is 8.50. The summed E-state index contributed by atoms with van der Waals surface area (Å²) < 4.78 is 9.36. The van der Waals surface area contributed by atoms with Gasteiger partial charge in [0.1, 0.15) is 5.75 Å². The third-order valence-electron chi connectivity index (χ3n) is 2.59. The molecule has 102 valence electrons. The Morgan fingerprint density at radius 2 is 2.15 bits per heavy atom. The summed E-state index contributed by atoms with van der Waals surface area (Å²) in [5.74, 6) is 6.90. The monoisotopic (exact) mass is 397 g/mol. The lowest BCUT2D eigenvalue weighted by atomic mass is 10.3. The number of nitrogens with one attached hydrogen (secondary N) is 1. The van der Waals surface area contributed by atoms with Gasteiger partial charge in [0.15, 0.2) is 5.82 Å². The van der Waals surface area contributed by atoms with Gasteiger partial charge in [0.25, 0.3) is 5.88 Å². The molecule has 0 saturated carbocycles. The Labute approximate surface area is 131 Å². The lowest BCUT2D eigenvalue weighted by Gasteiger charge is -2.09. The molecule has 0 unspecified atom stereocenters. The number of hydrazine groups is 1. The van der Waals surface area contributed by atoms with Crippen molar-refractivity contribution < 1.29 is 4.74 Å². The number of halogens is 2. The molecule has 0 spiro atoms. The topological polar surface area (TPSA) is 77.5 Å². The highest BCUT2D eigenvalue weighted by molar-refractivity contribution is 9.11. The lowest BCUT2D eigenvalue weighted by Crippen LogP contribution is -2.10. The molecule has 1 aromatic carbocycles. The lowest BCUT2D eigenvalue weighted by molar-refractivity contribution is 0.463. The van der Waals surface area contributed by atoms with Crippen molar-refractivity contribution in [1.82, 2.24) is 14.4 Å². The van der Waals surface area contributed by atoms with Gasteiger partial charge in [-0.15, -0.1) is 0 Å². The van der Waals surface area contributed by atoms with Crippen LogP contribution in [0, 0.1) is 0 Å². The van der Waals surface area contributed by atoms with Gasteiger partial charge >= 0.3 is 0 Å². The van der Waals surface area contributed by atoms with E-state index in [1.165, 1.54) is 0 Å². The number of nitrogens with zero attached hydrogens (tertiary/aromatic N) is 3. The number of ether oxygens (including phenoxy) is 1. The van der Waals surface area contributed by atoms with E-state index in [2.05, 4.69) is 47.3 Å². The van der Waals surface area contributed by atoms with Gasteiger partial charge in [0.2, 0.25) is 5.65 Å². The standard InChI is InChI=1S/C12H9Br2N5O/c13-7-1-2-9(8(14)5-7)20-12-11-16-3-4-19(11)6-10(17-12)18-15/h1-6,18H,15H2. The SMILES string of the molecule is NNc1cn2ccnc2c(Oc2ccc(Br)cc2Br)n1. The number of nitrogens with two attached hydrogens (primary N) is 1. The fourth-order valence-electron chi connectivity index (χ4n) is 1.70. The summed E-state index contributed by atoms with van der Waals surface area (Å²) in [5, 5.41) is 0. The number of nitrogen functional groups attached to an aromatic ring is 1. The van der Waals surface area contributed by atoms with Crippen LogP contribution in [0.1, 0.15) is 0 Å². The molecule has 2 aromatic heterocycles. The Hall–Kier alpha value is -1.64. The number of aromatic nitrogens is 3. The smallest absolute Gasteiger partial charge is 0.265 e. The van der Waals surface area contributed by atoms with Crippen molar-refractivity contribution in [2.45, 2.75) is 0 Å². The van der Waals surface area contributed by atoms with Crippen LogP contribution >= 0.6 is 31.9 Å². The molecule has 0 radical (unpaired) electrons. The summed E-state index contributed by atoms with van der Waals surface area (Å²) in [6.07, 6.45) is 5.19. The molecule has 0 aliphatic rings. The van der Waals surface area contributed by atoms with Crippen LogP contribution in [0.25, 0.3) is 5.65 Å². The van der Waals surface area contributed by atoms with E-state index >= 15 is 0 Å². The van der Waals surface area contributed by atoms with Gasteiger partial charge in [0.05, 0.1) is 10.7 Å². The molecule has 8 heteroatoms. The average molecular weight is 399 g/mol. The summed E-state index contributed by atoms with van der Waals surface area (Å²) >= 11 is 6.84. The molecule has 0 aliphatic heterocycles. The molecule has 0 aliphatic carbocycles. The van der Waals surface area contributed by atoms with E-state index in [1.807, 2.05) is 18.2 Å². The Morgan fingerprint density at radius 1 is 1.30 bits per heavy atom. The molecule has 0 fully saturated rings. The minimum absolute atomic E-state index is 0.369. The molecule has 0 amide bonds. The van der Waals surface area contributed by atoms with Crippen LogP contribution in [-0.4, -0.2) is 14.4 Å². The van der Waals surface area contributed by atoms with Crippen molar-refractivity contribution in [1.29, 1.82) is 0 Å². The highest BCUT2D eigenvalue weighted by Gasteiger charge is 2.11. The van der Waals surface area contributed by atoms with Crippen LogP contribution in [0.4, 0.5) is 5.82 Å². The summed E-state index contributed by atoms with van der Waals surface area (Å²) in [7, 11) is 0. The van der Waals surface area contributed by atoms with Crippen LogP contribution < -0.4 is 16.0 Å². The predicted molar refractivity (Wildman–Crippen MR) is 82.7 cm³/mol. The van der Waals surface area contributed by atoms with Crippen molar-refractivity contribution in [3.63, 3.8) is 0 Å². The van der Waals surface area contributed by atoms with Crippen LogP contribution in [0.5, 0.6) is 11.6 Å². The summed E-state index contributed by atoms with van der Waals surface area (Å²) in [6, 6.07) is 5.61. The van der Waals surface area contributed by atoms with E-state index in [-0.39, 0.29) is 0 Å². The van der Waals surface area contributed by atoms with Gasteiger partial charge in [-0.1, -0.05) is 15.9 Å². The Balaban J connectivity index is 2.07. The van der Waals surface area contributed by atoms with E-state index in [1.54, 1.807) is 23.0 Å². The largest absolute Gasteiger partial charge is 0.435 e. The summed E-state index contributed by atoms with van der Waals surface area (Å²) in [6.45, 7) is 0. The van der Waals surface area contributed by atoms with Crippen LogP contribution in [0.3, 0.4) is 0 Å². The van der Waals surface area contributed by atoms with Gasteiger partial charge in [-0.2, -0.15) is 4.98 Å². The summed E-state index contributed by atoms with van der Waals surface area (Å²) in [5.41, 5.74) is 3.11. The first-order valence-electron chi connectivity index (χ1n) is 5.60. The second-order valence-electron chi connectivity index (χ2n) is 3.91. The van der Waals surface area contributed by atoms with Crippen molar-refractivity contribution in [2.24, 2.45) is 5.84 Å². The first-order chi connectivity index (χ1) is 9.67. The van der Waals surface area contributed by atoms with E-state index in [0.29, 0.717) is 23.1 Å². The Kier molecular flexibility index (Phi) is 3.60. The zero-order valence-corrected chi connectivity index (χ0v) is 13.2. The number of anilines is 1. The fraction of sp³-hybridized carbons (Fsp3) is 0. The highest BCUT2D eigenvalue weighted by atomic mass is 79.9. The second-order valence-corrected chi connectivity index (χ2v) is 5.68. The van der Waals surface area contributed by atoms with Gasteiger partial charge in [-0.05, 0) is 34.1 Å². The minimum atomic E-state index is 0.369. The number of rotatable bonds is 3. The van der Waals surface area contributed by atoms with Crippen molar-refractivity contribution >= 4 is 43.3 Å².